The molecule has 0 fully saturated rings. The summed E-state index contributed by atoms with van der Waals surface area (Å²) in [7, 11) is 0. The Labute approximate surface area is 126 Å². The predicted molar refractivity (Wildman–Crippen MR) is 82.4 cm³/mol. The molecule has 0 unspecified atom stereocenters. The van der Waals surface area contributed by atoms with E-state index in [1.807, 2.05) is 6.07 Å². The van der Waals surface area contributed by atoms with Gasteiger partial charge in [-0.25, -0.2) is 4.39 Å². The summed E-state index contributed by atoms with van der Waals surface area (Å²) in [6, 6.07) is 11.2. The molecule has 1 heterocycles. The minimum absolute atomic E-state index is 0.222. The lowest BCUT2D eigenvalue weighted by Gasteiger charge is -2.10. The summed E-state index contributed by atoms with van der Waals surface area (Å²) in [6.45, 7) is 0. The number of benzene rings is 2. The second-order valence-electron chi connectivity index (χ2n) is 4.21. The molecule has 100 valence electrons. The number of fused-ring (bicyclic) bond motifs is 1. The maximum Gasteiger partial charge on any atom is 0.266 e. The summed E-state index contributed by atoms with van der Waals surface area (Å²) in [5.41, 5.74) is 0.754. The Morgan fingerprint density at radius 2 is 1.95 bits per heavy atom. The maximum absolute atomic E-state index is 13.4. The van der Waals surface area contributed by atoms with Gasteiger partial charge < -0.3 is 4.98 Å². The van der Waals surface area contributed by atoms with E-state index in [9.17, 15) is 9.18 Å². The van der Waals surface area contributed by atoms with Crippen molar-refractivity contribution in [1.29, 1.82) is 0 Å². The lowest BCUT2D eigenvalue weighted by atomic mass is 10.2. The van der Waals surface area contributed by atoms with Gasteiger partial charge in [-0.05, 0) is 58.5 Å². The van der Waals surface area contributed by atoms with Crippen molar-refractivity contribution in [3.8, 4) is 5.69 Å². The molecule has 0 saturated carbocycles. The van der Waals surface area contributed by atoms with Gasteiger partial charge in [0.2, 0.25) is 0 Å². The van der Waals surface area contributed by atoms with Crippen molar-refractivity contribution in [3.05, 3.63) is 67.9 Å². The van der Waals surface area contributed by atoms with E-state index in [2.05, 4.69) is 20.9 Å². The summed E-state index contributed by atoms with van der Waals surface area (Å²) < 4.78 is 15.5. The van der Waals surface area contributed by atoms with E-state index >= 15 is 0 Å². The topological polar surface area (TPSA) is 37.8 Å². The number of rotatable bonds is 1. The molecular formula is C14H8BrFN2OS. The number of hydrogen-bond donors (Lipinski definition) is 1. The van der Waals surface area contributed by atoms with E-state index < -0.39 is 5.82 Å². The number of para-hydroxylation sites is 1. The molecule has 6 heteroatoms. The smallest absolute Gasteiger partial charge is 0.266 e. The molecule has 20 heavy (non-hydrogen) atoms. The van der Waals surface area contributed by atoms with Crippen LogP contribution < -0.4 is 5.56 Å². The van der Waals surface area contributed by atoms with E-state index in [1.54, 1.807) is 24.3 Å². The largest absolute Gasteiger partial charge is 0.331 e. The zero-order valence-corrected chi connectivity index (χ0v) is 12.5. The predicted octanol–water partition coefficient (Wildman–Crippen LogP) is 3.95. The molecule has 0 bridgehead atoms. The molecule has 0 aliphatic rings. The summed E-state index contributed by atoms with van der Waals surface area (Å²) in [6.07, 6.45) is 0. The Morgan fingerprint density at radius 3 is 2.75 bits per heavy atom. The Hall–Kier alpha value is -1.79. The first-order chi connectivity index (χ1) is 9.58. The zero-order valence-electron chi connectivity index (χ0n) is 10.1. The van der Waals surface area contributed by atoms with Crippen LogP contribution in [0.15, 0.2) is 51.7 Å². The number of nitrogens with zero attached hydrogens (tertiary/aromatic N) is 1. The van der Waals surface area contributed by atoms with Crippen LogP contribution in [0.5, 0.6) is 0 Å². The third-order valence-corrected chi connectivity index (χ3v) is 3.91. The van der Waals surface area contributed by atoms with Crippen LogP contribution in [0.3, 0.4) is 0 Å². The van der Waals surface area contributed by atoms with Gasteiger partial charge >= 0.3 is 0 Å². The Morgan fingerprint density at radius 1 is 1.20 bits per heavy atom. The first-order valence-corrected chi connectivity index (χ1v) is 6.97. The average Bonchev–Trinajstić information content (AvgIpc) is 2.42. The number of hydrogen-bond acceptors (Lipinski definition) is 2. The molecule has 0 aliphatic carbocycles. The molecule has 0 spiro atoms. The fourth-order valence-corrected chi connectivity index (χ4v) is 2.75. The normalized spacial score (nSPS) is 10.9. The van der Waals surface area contributed by atoms with E-state index in [0.717, 1.165) is 0 Å². The molecule has 3 rings (SSSR count). The summed E-state index contributed by atoms with van der Waals surface area (Å²) in [5.74, 6) is -0.433. The number of halogens is 2. The summed E-state index contributed by atoms with van der Waals surface area (Å²) >= 11 is 8.53. The van der Waals surface area contributed by atoms with Gasteiger partial charge in [0.25, 0.3) is 5.56 Å². The van der Waals surface area contributed by atoms with Crippen LogP contribution in [-0.2, 0) is 0 Å². The molecule has 3 nitrogen and oxygen atoms in total. The number of H-pyrrole nitrogens is 1. The van der Waals surface area contributed by atoms with Crippen LogP contribution in [0.4, 0.5) is 4.39 Å². The molecule has 0 saturated heterocycles. The van der Waals surface area contributed by atoms with Crippen LogP contribution in [0.1, 0.15) is 0 Å². The van der Waals surface area contributed by atoms with Crippen molar-refractivity contribution < 1.29 is 4.39 Å². The first-order valence-electron chi connectivity index (χ1n) is 5.77. The average molecular weight is 351 g/mol. The molecule has 3 aromatic rings. The molecular weight excluding hydrogens is 343 g/mol. The number of aromatic amines is 1. The SMILES string of the molecule is O=c1c2ccccc2[nH]c(=S)n1-c1cc(F)ccc1Br. The second-order valence-corrected chi connectivity index (χ2v) is 5.45. The molecule has 0 amide bonds. The standard InChI is InChI=1S/C14H8BrFN2OS/c15-10-6-5-8(16)7-12(10)18-13(19)9-3-1-2-4-11(9)17-14(18)20/h1-7H,(H,17,20). The van der Waals surface area contributed by atoms with Gasteiger partial charge in [-0.2, -0.15) is 0 Å². The number of nitrogens with one attached hydrogen (secondary N) is 1. The van der Waals surface area contributed by atoms with Gasteiger partial charge in [0.05, 0.1) is 16.6 Å². The van der Waals surface area contributed by atoms with Gasteiger partial charge in [-0.15, -0.1) is 0 Å². The van der Waals surface area contributed by atoms with Crippen molar-refractivity contribution in [3.63, 3.8) is 0 Å². The quantitative estimate of drug-likeness (QED) is 0.674. The molecule has 2 aromatic carbocycles. The highest BCUT2D eigenvalue weighted by molar-refractivity contribution is 9.10. The van der Waals surface area contributed by atoms with Crippen LogP contribution in [0.25, 0.3) is 16.6 Å². The summed E-state index contributed by atoms with van der Waals surface area (Å²) in [4.78, 5) is 15.5. The van der Waals surface area contributed by atoms with Crippen molar-refractivity contribution in [2.24, 2.45) is 0 Å². The van der Waals surface area contributed by atoms with Gasteiger partial charge in [-0.3, -0.25) is 9.36 Å². The lowest BCUT2D eigenvalue weighted by Crippen LogP contribution is -2.21. The fraction of sp³-hybridized carbons (Fsp3) is 0. The van der Waals surface area contributed by atoms with Gasteiger partial charge in [0.15, 0.2) is 4.77 Å². The van der Waals surface area contributed by atoms with E-state index in [4.69, 9.17) is 12.2 Å². The van der Waals surface area contributed by atoms with E-state index in [-0.39, 0.29) is 10.3 Å². The molecule has 0 radical (unpaired) electrons. The molecule has 0 aliphatic heterocycles. The van der Waals surface area contributed by atoms with Gasteiger partial charge in [0.1, 0.15) is 5.82 Å². The monoisotopic (exact) mass is 350 g/mol. The van der Waals surface area contributed by atoms with E-state index in [0.29, 0.717) is 21.1 Å². The van der Waals surface area contributed by atoms with Crippen LogP contribution >= 0.6 is 28.1 Å². The molecule has 1 N–H and O–H groups in total. The van der Waals surface area contributed by atoms with Gasteiger partial charge in [-0.1, -0.05) is 12.1 Å². The Kier molecular flexibility index (Phi) is 3.27. The highest BCUT2D eigenvalue weighted by atomic mass is 79.9. The van der Waals surface area contributed by atoms with Crippen molar-refractivity contribution in [1.82, 2.24) is 9.55 Å². The minimum atomic E-state index is -0.433. The van der Waals surface area contributed by atoms with Gasteiger partial charge in [0, 0.05) is 4.47 Å². The molecule has 1 aromatic heterocycles. The van der Waals surface area contributed by atoms with Crippen LogP contribution in [0, 0.1) is 10.6 Å². The third kappa shape index (κ3) is 2.10. The van der Waals surface area contributed by atoms with Crippen molar-refractivity contribution in [2.45, 2.75) is 0 Å². The second kappa shape index (κ2) is 4.96. The Bertz CT molecular complexity index is 932. The zero-order chi connectivity index (χ0) is 14.3. The fourth-order valence-electron chi connectivity index (χ4n) is 2.04. The van der Waals surface area contributed by atoms with Crippen LogP contribution in [0.2, 0.25) is 0 Å². The summed E-state index contributed by atoms with van der Waals surface area (Å²) in [5, 5.41) is 0.497. The maximum atomic E-state index is 13.4. The minimum Gasteiger partial charge on any atom is -0.331 e. The van der Waals surface area contributed by atoms with Crippen molar-refractivity contribution >= 4 is 39.1 Å². The highest BCUT2D eigenvalue weighted by Gasteiger charge is 2.10. The Balaban J connectivity index is 2.46. The molecule has 0 atom stereocenters. The first kappa shape index (κ1) is 13.2. The number of aromatic nitrogens is 2. The van der Waals surface area contributed by atoms with Crippen molar-refractivity contribution in [2.75, 3.05) is 0 Å². The third-order valence-electron chi connectivity index (χ3n) is 2.95. The van der Waals surface area contributed by atoms with E-state index in [1.165, 1.54) is 16.7 Å². The highest BCUT2D eigenvalue weighted by Crippen LogP contribution is 2.21. The van der Waals surface area contributed by atoms with Crippen LogP contribution in [-0.4, -0.2) is 9.55 Å². The lowest BCUT2D eigenvalue weighted by molar-refractivity contribution is 0.625.